The Bertz CT molecular complexity index is 422. The van der Waals surface area contributed by atoms with Gasteiger partial charge in [0.15, 0.2) is 0 Å². The monoisotopic (exact) mass is 191 g/mol. The fraction of sp³-hybridized carbons (Fsp3) is 0.273. The summed E-state index contributed by atoms with van der Waals surface area (Å²) in [5.74, 6) is 0. The van der Waals surface area contributed by atoms with Gasteiger partial charge in [-0.15, -0.1) is 0 Å². The van der Waals surface area contributed by atoms with Crippen LogP contribution in [0.2, 0.25) is 0 Å². The van der Waals surface area contributed by atoms with Gasteiger partial charge >= 0.3 is 0 Å². The summed E-state index contributed by atoms with van der Waals surface area (Å²) < 4.78 is 0. The zero-order valence-electron chi connectivity index (χ0n) is 8.20. The Morgan fingerprint density at radius 2 is 2.21 bits per heavy atom. The standard InChI is InChI=1S/C11H14N2O/c1-12-7-11(14)9-6-13-10-5-3-2-4-8(9)10/h2-6,11-14H,7H2,1H3/p+1/t11-/m0/s1. The summed E-state index contributed by atoms with van der Waals surface area (Å²) in [5.41, 5.74) is 2.07. The number of aromatic amines is 1. The topological polar surface area (TPSA) is 52.6 Å². The lowest BCUT2D eigenvalue weighted by Gasteiger charge is -2.05. The molecule has 0 bridgehead atoms. The first-order valence-electron chi connectivity index (χ1n) is 4.85. The molecule has 74 valence electrons. The molecule has 1 aromatic carbocycles. The van der Waals surface area contributed by atoms with E-state index in [9.17, 15) is 5.11 Å². The minimum atomic E-state index is -0.392. The van der Waals surface area contributed by atoms with Gasteiger partial charge in [-0.3, -0.25) is 0 Å². The molecule has 4 N–H and O–H groups in total. The summed E-state index contributed by atoms with van der Waals surface area (Å²) in [6.07, 6.45) is 1.50. The highest BCUT2D eigenvalue weighted by Crippen LogP contribution is 2.22. The van der Waals surface area contributed by atoms with Crippen molar-refractivity contribution in [1.29, 1.82) is 0 Å². The molecule has 1 heterocycles. The fourth-order valence-corrected chi connectivity index (χ4v) is 1.72. The normalized spacial score (nSPS) is 13.3. The molecule has 3 heteroatoms. The summed E-state index contributed by atoms with van der Waals surface area (Å²) in [6.45, 7) is 0.696. The van der Waals surface area contributed by atoms with Crippen molar-refractivity contribution in [3.8, 4) is 0 Å². The summed E-state index contributed by atoms with van der Waals surface area (Å²) in [6, 6.07) is 8.02. The number of hydrogen-bond donors (Lipinski definition) is 3. The molecule has 2 aromatic rings. The molecular formula is C11H15N2O+. The Kier molecular flexibility index (Phi) is 2.52. The highest BCUT2D eigenvalue weighted by Gasteiger charge is 2.12. The van der Waals surface area contributed by atoms with Crippen LogP contribution in [0.15, 0.2) is 30.5 Å². The van der Waals surface area contributed by atoms with Gasteiger partial charge in [-0.25, -0.2) is 0 Å². The van der Waals surface area contributed by atoms with Crippen molar-refractivity contribution in [3.05, 3.63) is 36.0 Å². The fourth-order valence-electron chi connectivity index (χ4n) is 1.72. The number of nitrogens with two attached hydrogens (primary N) is 1. The predicted octanol–water partition coefficient (Wildman–Crippen LogP) is 0.395. The van der Waals surface area contributed by atoms with Crippen molar-refractivity contribution in [2.24, 2.45) is 0 Å². The average Bonchev–Trinajstić information content (AvgIpc) is 2.61. The Labute approximate surface area is 82.8 Å². The molecule has 1 atom stereocenters. The number of aliphatic hydroxyl groups excluding tert-OH is 1. The second-order valence-corrected chi connectivity index (χ2v) is 3.45. The maximum absolute atomic E-state index is 9.86. The molecule has 0 spiro atoms. The zero-order valence-corrected chi connectivity index (χ0v) is 8.20. The Balaban J connectivity index is 2.42. The van der Waals surface area contributed by atoms with Crippen molar-refractivity contribution in [3.63, 3.8) is 0 Å². The number of likely N-dealkylation sites (N-methyl/N-ethyl adjacent to an activating group) is 1. The van der Waals surface area contributed by atoms with Crippen LogP contribution in [0, 0.1) is 0 Å². The maximum atomic E-state index is 9.86. The van der Waals surface area contributed by atoms with Crippen LogP contribution in [0.5, 0.6) is 0 Å². The Hall–Kier alpha value is -1.32. The number of rotatable bonds is 3. The lowest BCUT2D eigenvalue weighted by molar-refractivity contribution is -0.634. The summed E-state index contributed by atoms with van der Waals surface area (Å²) in [7, 11) is 1.96. The van der Waals surface area contributed by atoms with Gasteiger partial charge in [-0.2, -0.15) is 0 Å². The van der Waals surface area contributed by atoms with Crippen LogP contribution < -0.4 is 5.32 Å². The van der Waals surface area contributed by atoms with Gasteiger partial charge in [-0.05, 0) is 6.07 Å². The van der Waals surface area contributed by atoms with Gasteiger partial charge in [0.25, 0.3) is 0 Å². The largest absolute Gasteiger partial charge is 0.382 e. The highest BCUT2D eigenvalue weighted by atomic mass is 16.3. The number of para-hydroxylation sites is 1. The lowest BCUT2D eigenvalue weighted by Crippen LogP contribution is -2.80. The van der Waals surface area contributed by atoms with E-state index in [4.69, 9.17) is 0 Å². The quantitative estimate of drug-likeness (QED) is 0.646. The summed E-state index contributed by atoms with van der Waals surface area (Å²) in [4.78, 5) is 3.15. The number of fused-ring (bicyclic) bond motifs is 1. The minimum Gasteiger partial charge on any atom is -0.382 e. The number of H-pyrrole nitrogens is 1. The molecule has 0 amide bonds. The molecule has 0 aliphatic rings. The van der Waals surface area contributed by atoms with E-state index in [-0.39, 0.29) is 0 Å². The average molecular weight is 191 g/mol. The van der Waals surface area contributed by atoms with Crippen molar-refractivity contribution < 1.29 is 10.4 Å². The maximum Gasteiger partial charge on any atom is 0.130 e. The van der Waals surface area contributed by atoms with E-state index in [0.717, 1.165) is 16.5 Å². The molecule has 0 radical (unpaired) electrons. The van der Waals surface area contributed by atoms with Crippen molar-refractivity contribution in [2.75, 3.05) is 13.6 Å². The molecular weight excluding hydrogens is 176 g/mol. The van der Waals surface area contributed by atoms with Crippen LogP contribution in [-0.2, 0) is 0 Å². The van der Waals surface area contributed by atoms with E-state index in [1.807, 2.05) is 42.8 Å². The van der Waals surface area contributed by atoms with Gasteiger partial charge < -0.3 is 15.4 Å². The van der Waals surface area contributed by atoms with Crippen molar-refractivity contribution >= 4 is 10.9 Å². The molecule has 0 saturated heterocycles. The second-order valence-electron chi connectivity index (χ2n) is 3.45. The Morgan fingerprint density at radius 1 is 1.43 bits per heavy atom. The number of quaternary nitrogens is 1. The highest BCUT2D eigenvalue weighted by molar-refractivity contribution is 5.83. The molecule has 0 unspecified atom stereocenters. The van der Waals surface area contributed by atoms with E-state index in [2.05, 4.69) is 4.98 Å². The third kappa shape index (κ3) is 1.52. The number of aromatic nitrogens is 1. The van der Waals surface area contributed by atoms with Crippen LogP contribution in [0.25, 0.3) is 10.9 Å². The third-order valence-corrected chi connectivity index (χ3v) is 2.44. The van der Waals surface area contributed by atoms with Crippen LogP contribution in [-0.4, -0.2) is 23.7 Å². The van der Waals surface area contributed by atoms with Crippen LogP contribution in [0.1, 0.15) is 11.7 Å². The molecule has 0 aliphatic carbocycles. The van der Waals surface area contributed by atoms with Gasteiger partial charge in [-0.1, -0.05) is 18.2 Å². The summed E-state index contributed by atoms with van der Waals surface area (Å²) >= 11 is 0. The van der Waals surface area contributed by atoms with E-state index < -0.39 is 6.10 Å². The lowest BCUT2D eigenvalue weighted by atomic mass is 10.1. The predicted molar refractivity (Wildman–Crippen MR) is 56.0 cm³/mol. The first kappa shape index (κ1) is 9.24. The molecule has 0 aliphatic heterocycles. The van der Waals surface area contributed by atoms with Crippen LogP contribution in [0.3, 0.4) is 0 Å². The zero-order chi connectivity index (χ0) is 9.97. The Morgan fingerprint density at radius 3 is 3.00 bits per heavy atom. The smallest absolute Gasteiger partial charge is 0.130 e. The summed E-state index contributed by atoms with van der Waals surface area (Å²) in [5, 5.41) is 12.9. The van der Waals surface area contributed by atoms with Gasteiger partial charge in [0.2, 0.25) is 0 Å². The number of nitrogens with one attached hydrogen (secondary N) is 1. The first-order valence-corrected chi connectivity index (χ1v) is 4.85. The molecule has 1 aromatic heterocycles. The van der Waals surface area contributed by atoms with Gasteiger partial charge in [0, 0.05) is 22.7 Å². The van der Waals surface area contributed by atoms with Crippen LogP contribution >= 0.6 is 0 Å². The van der Waals surface area contributed by atoms with Crippen molar-refractivity contribution in [2.45, 2.75) is 6.10 Å². The number of aliphatic hydroxyl groups is 1. The first-order chi connectivity index (χ1) is 6.83. The van der Waals surface area contributed by atoms with Crippen molar-refractivity contribution in [1.82, 2.24) is 4.98 Å². The van der Waals surface area contributed by atoms with Crippen LogP contribution in [0.4, 0.5) is 0 Å². The SMILES string of the molecule is C[NH2+]C[C@H](O)c1c[nH]c2ccccc12. The molecule has 3 nitrogen and oxygen atoms in total. The molecule has 14 heavy (non-hydrogen) atoms. The van der Waals surface area contributed by atoms with E-state index in [0.29, 0.717) is 6.54 Å². The molecule has 0 saturated carbocycles. The molecule has 0 fully saturated rings. The number of hydrogen-bond acceptors (Lipinski definition) is 1. The minimum absolute atomic E-state index is 0.392. The number of benzene rings is 1. The second kappa shape index (κ2) is 3.82. The van der Waals surface area contributed by atoms with Gasteiger partial charge in [0.1, 0.15) is 12.6 Å². The van der Waals surface area contributed by atoms with Gasteiger partial charge in [0.05, 0.1) is 7.05 Å². The van der Waals surface area contributed by atoms with E-state index in [1.54, 1.807) is 0 Å². The molecule has 2 rings (SSSR count). The third-order valence-electron chi connectivity index (χ3n) is 2.44. The van der Waals surface area contributed by atoms with E-state index >= 15 is 0 Å². The van der Waals surface area contributed by atoms with E-state index in [1.165, 1.54) is 0 Å².